The molecule has 0 aromatic rings. The standard InChI is InChI=1S/C15H30N2O/c1-5-6-13(16)15(18)17-14-9-11(4)7-8-12(14)10(2)3/h10-14H,5-9,16H2,1-4H3,(H,17,18)/t11?,12?,13-,14?/m1/s1. The van der Waals surface area contributed by atoms with Crippen LogP contribution in [0, 0.1) is 17.8 Å². The molecule has 1 aliphatic rings. The molecule has 0 aliphatic heterocycles. The Morgan fingerprint density at radius 3 is 2.61 bits per heavy atom. The molecule has 4 atom stereocenters. The largest absolute Gasteiger partial charge is 0.352 e. The van der Waals surface area contributed by atoms with Crippen LogP contribution in [-0.4, -0.2) is 18.0 Å². The first-order chi connectivity index (χ1) is 8.45. The minimum Gasteiger partial charge on any atom is -0.352 e. The average Bonchev–Trinajstić information content (AvgIpc) is 2.28. The molecule has 106 valence electrons. The molecular formula is C15H30N2O. The summed E-state index contributed by atoms with van der Waals surface area (Å²) in [6, 6.07) is -0.01000. The number of amides is 1. The van der Waals surface area contributed by atoms with E-state index >= 15 is 0 Å². The van der Waals surface area contributed by atoms with Gasteiger partial charge in [-0.3, -0.25) is 4.79 Å². The van der Waals surface area contributed by atoms with Gasteiger partial charge in [0, 0.05) is 6.04 Å². The lowest BCUT2D eigenvalue weighted by atomic mass is 9.74. The minimum absolute atomic E-state index is 0.0431. The molecule has 0 aromatic heterocycles. The summed E-state index contributed by atoms with van der Waals surface area (Å²) in [5, 5.41) is 3.20. The van der Waals surface area contributed by atoms with E-state index < -0.39 is 0 Å². The smallest absolute Gasteiger partial charge is 0.237 e. The molecular weight excluding hydrogens is 224 g/mol. The minimum atomic E-state index is -0.333. The molecule has 0 saturated heterocycles. The molecule has 0 bridgehead atoms. The van der Waals surface area contributed by atoms with Crippen LogP contribution in [0.15, 0.2) is 0 Å². The van der Waals surface area contributed by atoms with E-state index in [1.807, 2.05) is 0 Å². The SMILES string of the molecule is CCC[C@@H](N)C(=O)NC1CC(C)CCC1C(C)C. The van der Waals surface area contributed by atoms with Gasteiger partial charge in [-0.1, -0.05) is 40.5 Å². The van der Waals surface area contributed by atoms with E-state index in [2.05, 4.69) is 33.0 Å². The van der Waals surface area contributed by atoms with E-state index in [1.54, 1.807) is 0 Å². The number of hydrogen-bond acceptors (Lipinski definition) is 2. The fourth-order valence-electron chi connectivity index (χ4n) is 3.10. The molecule has 1 amide bonds. The molecule has 1 saturated carbocycles. The number of hydrogen-bond donors (Lipinski definition) is 2. The van der Waals surface area contributed by atoms with Crippen molar-refractivity contribution in [3.05, 3.63) is 0 Å². The number of carbonyl (C=O) groups is 1. The van der Waals surface area contributed by atoms with Crippen LogP contribution in [-0.2, 0) is 4.79 Å². The lowest BCUT2D eigenvalue weighted by Crippen LogP contribution is -2.50. The second-order valence-electron chi connectivity index (χ2n) is 6.34. The van der Waals surface area contributed by atoms with Crippen molar-refractivity contribution >= 4 is 5.91 Å². The molecule has 0 spiro atoms. The van der Waals surface area contributed by atoms with Gasteiger partial charge >= 0.3 is 0 Å². The maximum absolute atomic E-state index is 12.0. The summed E-state index contributed by atoms with van der Waals surface area (Å²) in [4.78, 5) is 12.0. The first-order valence-electron chi connectivity index (χ1n) is 7.51. The zero-order valence-corrected chi connectivity index (χ0v) is 12.4. The van der Waals surface area contributed by atoms with Crippen LogP contribution in [0.3, 0.4) is 0 Å². The Kier molecular flexibility index (Phi) is 6.13. The van der Waals surface area contributed by atoms with E-state index in [-0.39, 0.29) is 11.9 Å². The lowest BCUT2D eigenvalue weighted by molar-refractivity contribution is -0.124. The van der Waals surface area contributed by atoms with E-state index in [1.165, 1.54) is 12.8 Å². The maximum Gasteiger partial charge on any atom is 0.237 e. The molecule has 1 fully saturated rings. The van der Waals surface area contributed by atoms with Gasteiger partial charge in [-0.25, -0.2) is 0 Å². The van der Waals surface area contributed by atoms with Crippen molar-refractivity contribution in [1.82, 2.24) is 5.32 Å². The normalized spacial score (nSPS) is 30.2. The van der Waals surface area contributed by atoms with Gasteiger partial charge in [-0.05, 0) is 37.0 Å². The summed E-state index contributed by atoms with van der Waals surface area (Å²) in [5.74, 6) is 2.00. The van der Waals surface area contributed by atoms with Crippen LogP contribution in [0.2, 0.25) is 0 Å². The molecule has 18 heavy (non-hydrogen) atoms. The zero-order valence-electron chi connectivity index (χ0n) is 12.4. The second-order valence-corrected chi connectivity index (χ2v) is 6.34. The molecule has 1 aliphatic carbocycles. The number of carbonyl (C=O) groups excluding carboxylic acids is 1. The highest BCUT2D eigenvalue weighted by Crippen LogP contribution is 2.33. The summed E-state index contributed by atoms with van der Waals surface area (Å²) in [7, 11) is 0. The van der Waals surface area contributed by atoms with Gasteiger partial charge in [0.25, 0.3) is 0 Å². The third-order valence-electron chi connectivity index (χ3n) is 4.29. The first-order valence-corrected chi connectivity index (χ1v) is 7.51. The summed E-state index contributed by atoms with van der Waals surface area (Å²) >= 11 is 0. The predicted molar refractivity (Wildman–Crippen MR) is 76.2 cm³/mol. The zero-order chi connectivity index (χ0) is 13.7. The monoisotopic (exact) mass is 254 g/mol. The molecule has 0 aromatic carbocycles. The highest BCUT2D eigenvalue weighted by atomic mass is 16.2. The van der Waals surface area contributed by atoms with Crippen LogP contribution in [0.4, 0.5) is 0 Å². The van der Waals surface area contributed by atoms with E-state index in [0.29, 0.717) is 23.8 Å². The summed E-state index contributed by atoms with van der Waals surface area (Å²) in [6.45, 7) is 8.85. The second kappa shape index (κ2) is 7.13. The third kappa shape index (κ3) is 4.27. The summed E-state index contributed by atoms with van der Waals surface area (Å²) < 4.78 is 0. The van der Waals surface area contributed by atoms with Crippen molar-refractivity contribution in [3.63, 3.8) is 0 Å². The third-order valence-corrected chi connectivity index (χ3v) is 4.29. The Morgan fingerprint density at radius 2 is 2.06 bits per heavy atom. The highest BCUT2D eigenvalue weighted by Gasteiger charge is 2.32. The fraction of sp³-hybridized carbons (Fsp3) is 0.933. The van der Waals surface area contributed by atoms with Crippen molar-refractivity contribution < 1.29 is 4.79 Å². The average molecular weight is 254 g/mol. The van der Waals surface area contributed by atoms with Crippen LogP contribution in [0.1, 0.15) is 59.8 Å². The van der Waals surface area contributed by atoms with Crippen LogP contribution < -0.4 is 11.1 Å². The van der Waals surface area contributed by atoms with Crippen molar-refractivity contribution in [2.45, 2.75) is 71.9 Å². The Hall–Kier alpha value is -0.570. The molecule has 0 heterocycles. The first kappa shape index (κ1) is 15.5. The van der Waals surface area contributed by atoms with Gasteiger partial charge in [0.2, 0.25) is 5.91 Å². The van der Waals surface area contributed by atoms with E-state index in [0.717, 1.165) is 19.3 Å². The Morgan fingerprint density at radius 1 is 1.39 bits per heavy atom. The van der Waals surface area contributed by atoms with Crippen molar-refractivity contribution in [1.29, 1.82) is 0 Å². The Labute approximate surface area is 112 Å². The van der Waals surface area contributed by atoms with Crippen molar-refractivity contribution in [2.24, 2.45) is 23.5 Å². The maximum atomic E-state index is 12.0. The van der Waals surface area contributed by atoms with Gasteiger partial charge in [0.05, 0.1) is 6.04 Å². The van der Waals surface area contributed by atoms with Gasteiger partial charge in [0.15, 0.2) is 0 Å². The highest BCUT2D eigenvalue weighted by molar-refractivity contribution is 5.81. The van der Waals surface area contributed by atoms with E-state index in [4.69, 9.17) is 5.73 Å². The molecule has 3 nitrogen and oxygen atoms in total. The summed E-state index contributed by atoms with van der Waals surface area (Å²) in [6.07, 6.45) is 5.36. The van der Waals surface area contributed by atoms with Gasteiger partial charge in [-0.15, -0.1) is 0 Å². The molecule has 3 unspecified atom stereocenters. The summed E-state index contributed by atoms with van der Waals surface area (Å²) in [5.41, 5.74) is 5.89. The number of rotatable bonds is 5. The molecule has 1 rings (SSSR count). The van der Waals surface area contributed by atoms with Crippen LogP contribution >= 0.6 is 0 Å². The fourth-order valence-corrected chi connectivity index (χ4v) is 3.10. The Bertz CT molecular complexity index is 265. The van der Waals surface area contributed by atoms with Gasteiger partial charge in [0.1, 0.15) is 0 Å². The predicted octanol–water partition coefficient (Wildman–Crippen LogP) is 2.69. The molecule has 3 N–H and O–H groups in total. The van der Waals surface area contributed by atoms with E-state index in [9.17, 15) is 4.79 Å². The van der Waals surface area contributed by atoms with Gasteiger partial charge < -0.3 is 11.1 Å². The topological polar surface area (TPSA) is 55.1 Å². The van der Waals surface area contributed by atoms with Crippen LogP contribution in [0.25, 0.3) is 0 Å². The van der Waals surface area contributed by atoms with Crippen molar-refractivity contribution in [2.75, 3.05) is 0 Å². The molecule has 0 radical (unpaired) electrons. The van der Waals surface area contributed by atoms with Crippen LogP contribution in [0.5, 0.6) is 0 Å². The quantitative estimate of drug-likeness (QED) is 0.792. The number of nitrogens with two attached hydrogens (primary N) is 1. The van der Waals surface area contributed by atoms with Gasteiger partial charge in [-0.2, -0.15) is 0 Å². The Balaban J connectivity index is 2.57. The lowest BCUT2D eigenvalue weighted by Gasteiger charge is -2.38. The number of nitrogens with one attached hydrogen (secondary N) is 1. The van der Waals surface area contributed by atoms with Crippen molar-refractivity contribution in [3.8, 4) is 0 Å². The molecule has 3 heteroatoms.